The molecular weight excluding hydrogens is 297 g/mol. The molecular formula is C14H13BrFNO. The van der Waals surface area contributed by atoms with Gasteiger partial charge in [-0.2, -0.15) is 0 Å². The van der Waals surface area contributed by atoms with Crippen molar-refractivity contribution in [3.8, 4) is 11.5 Å². The molecule has 0 bridgehead atoms. The average Bonchev–Trinajstić information content (AvgIpc) is 2.34. The minimum Gasteiger partial charge on any atom is -0.454 e. The van der Waals surface area contributed by atoms with Crippen molar-refractivity contribution in [2.45, 2.75) is 13.0 Å². The molecule has 0 aromatic heterocycles. The Morgan fingerprint density at radius 1 is 1.17 bits per heavy atom. The van der Waals surface area contributed by atoms with Crippen molar-refractivity contribution in [2.24, 2.45) is 5.73 Å². The molecule has 0 saturated carbocycles. The van der Waals surface area contributed by atoms with Gasteiger partial charge in [-0.15, -0.1) is 0 Å². The van der Waals surface area contributed by atoms with E-state index in [9.17, 15) is 4.39 Å². The Bertz CT molecular complexity index is 540. The van der Waals surface area contributed by atoms with Gasteiger partial charge in [0, 0.05) is 16.1 Å². The molecule has 0 amide bonds. The van der Waals surface area contributed by atoms with Gasteiger partial charge in [0.1, 0.15) is 5.75 Å². The van der Waals surface area contributed by atoms with Crippen LogP contribution in [0, 0.1) is 5.82 Å². The van der Waals surface area contributed by atoms with E-state index in [-0.39, 0.29) is 11.8 Å². The Labute approximate surface area is 114 Å². The number of para-hydroxylation sites is 1. The van der Waals surface area contributed by atoms with Crippen molar-refractivity contribution in [1.29, 1.82) is 0 Å². The van der Waals surface area contributed by atoms with E-state index in [1.807, 2.05) is 12.1 Å². The fraction of sp³-hybridized carbons (Fsp3) is 0.143. The maximum absolute atomic E-state index is 13.8. The minimum atomic E-state index is -0.410. The third-order valence-corrected chi connectivity index (χ3v) is 3.05. The predicted octanol–water partition coefficient (Wildman–Crippen LogP) is 4.40. The molecule has 1 unspecified atom stereocenters. The molecule has 94 valence electrons. The summed E-state index contributed by atoms with van der Waals surface area (Å²) in [6.45, 7) is 1.79. The summed E-state index contributed by atoms with van der Waals surface area (Å²) in [6.07, 6.45) is 0. The fourth-order valence-corrected chi connectivity index (χ4v) is 1.88. The van der Waals surface area contributed by atoms with Gasteiger partial charge in [-0.05, 0) is 37.3 Å². The van der Waals surface area contributed by atoms with E-state index in [4.69, 9.17) is 10.5 Å². The largest absolute Gasteiger partial charge is 0.454 e. The zero-order chi connectivity index (χ0) is 13.1. The molecule has 0 spiro atoms. The van der Waals surface area contributed by atoms with Crippen molar-refractivity contribution >= 4 is 15.9 Å². The Morgan fingerprint density at radius 2 is 1.83 bits per heavy atom. The number of rotatable bonds is 3. The lowest BCUT2D eigenvalue weighted by Crippen LogP contribution is -2.07. The van der Waals surface area contributed by atoms with Gasteiger partial charge in [-0.3, -0.25) is 0 Å². The molecule has 2 aromatic rings. The van der Waals surface area contributed by atoms with E-state index in [1.165, 1.54) is 6.07 Å². The van der Waals surface area contributed by atoms with Crippen LogP contribution < -0.4 is 10.5 Å². The Hall–Kier alpha value is -1.39. The highest BCUT2D eigenvalue weighted by atomic mass is 79.9. The number of benzene rings is 2. The highest BCUT2D eigenvalue weighted by Crippen LogP contribution is 2.31. The first-order valence-corrected chi connectivity index (χ1v) is 6.34. The summed E-state index contributed by atoms with van der Waals surface area (Å²) < 4.78 is 20.3. The first-order valence-electron chi connectivity index (χ1n) is 5.55. The van der Waals surface area contributed by atoms with Crippen LogP contribution in [0.5, 0.6) is 11.5 Å². The van der Waals surface area contributed by atoms with E-state index in [1.54, 1.807) is 31.2 Å². The Kier molecular flexibility index (Phi) is 3.99. The predicted molar refractivity (Wildman–Crippen MR) is 73.2 cm³/mol. The molecule has 2 aromatic carbocycles. The average molecular weight is 310 g/mol. The van der Waals surface area contributed by atoms with Crippen LogP contribution in [0.25, 0.3) is 0 Å². The summed E-state index contributed by atoms with van der Waals surface area (Å²) in [5.74, 6) is 0.354. The first-order chi connectivity index (χ1) is 8.58. The topological polar surface area (TPSA) is 35.2 Å². The third-order valence-electron chi connectivity index (χ3n) is 2.52. The highest BCUT2D eigenvalue weighted by Gasteiger charge is 2.13. The lowest BCUT2D eigenvalue weighted by atomic mass is 10.1. The maximum atomic E-state index is 13.8. The van der Waals surface area contributed by atoms with Crippen LogP contribution >= 0.6 is 15.9 Å². The van der Waals surface area contributed by atoms with Crippen LogP contribution in [0.15, 0.2) is 46.9 Å². The number of nitrogens with two attached hydrogens (primary N) is 1. The van der Waals surface area contributed by atoms with Crippen molar-refractivity contribution in [3.05, 3.63) is 58.3 Å². The number of ether oxygens (including phenoxy) is 1. The third kappa shape index (κ3) is 2.89. The summed E-state index contributed by atoms with van der Waals surface area (Å²) in [5.41, 5.74) is 6.46. The molecule has 0 heterocycles. The molecule has 2 nitrogen and oxygen atoms in total. The molecule has 1 atom stereocenters. The van der Waals surface area contributed by atoms with Crippen LogP contribution in [-0.4, -0.2) is 0 Å². The van der Waals surface area contributed by atoms with Crippen LogP contribution in [0.2, 0.25) is 0 Å². The van der Waals surface area contributed by atoms with E-state index < -0.39 is 5.82 Å². The summed E-state index contributed by atoms with van der Waals surface area (Å²) in [5, 5.41) is 0. The number of hydrogen-bond donors (Lipinski definition) is 1. The van der Waals surface area contributed by atoms with E-state index in [2.05, 4.69) is 15.9 Å². The van der Waals surface area contributed by atoms with Gasteiger partial charge in [0.2, 0.25) is 0 Å². The van der Waals surface area contributed by atoms with Gasteiger partial charge in [0.25, 0.3) is 0 Å². The van der Waals surface area contributed by atoms with Gasteiger partial charge in [-0.1, -0.05) is 28.1 Å². The van der Waals surface area contributed by atoms with Crippen molar-refractivity contribution < 1.29 is 9.13 Å². The van der Waals surface area contributed by atoms with Gasteiger partial charge in [0.15, 0.2) is 11.6 Å². The molecule has 18 heavy (non-hydrogen) atoms. The smallest absolute Gasteiger partial charge is 0.167 e. The zero-order valence-corrected chi connectivity index (χ0v) is 11.4. The fourth-order valence-electron chi connectivity index (χ4n) is 1.61. The first kappa shape index (κ1) is 13.1. The quantitative estimate of drug-likeness (QED) is 0.912. The molecule has 0 aliphatic rings. The summed E-state index contributed by atoms with van der Waals surface area (Å²) in [4.78, 5) is 0. The van der Waals surface area contributed by atoms with E-state index in [0.717, 1.165) is 4.47 Å². The van der Waals surface area contributed by atoms with Gasteiger partial charge >= 0.3 is 0 Å². The normalized spacial score (nSPS) is 12.2. The number of hydrogen-bond acceptors (Lipinski definition) is 2. The Morgan fingerprint density at radius 3 is 2.44 bits per heavy atom. The summed E-state index contributed by atoms with van der Waals surface area (Å²) in [7, 11) is 0. The lowest BCUT2D eigenvalue weighted by Gasteiger charge is -2.14. The van der Waals surface area contributed by atoms with Crippen LogP contribution in [0.4, 0.5) is 4.39 Å². The van der Waals surface area contributed by atoms with Crippen LogP contribution in [0.1, 0.15) is 18.5 Å². The molecule has 0 radical (unpaired) electrons. The highest BCUT2D eigenvalue weighted by molar-refractivity contribution is 9.10. The van der Waals surface area contributed by atoms with E-state index >= 15 is 0 Å². The maximum Gasteiger partial charge on any atom is 0.167 e. The van der Waals surface area contributed by atoms with Gasteiger partial charge < -0.3 is 10.5 Å². The second-order valence-corrected chi connectivity index (χ2v) is 4.92. The Balaban J connectivity index is 2.36. The molecule has 0 fully saturated rings. The van der Waals surface area contributed by atoms with Crippen molar-refractivity contribution in [3.63, 3.8) is 0 Å². The number of halogens is 2. The van der Waals surface area contributed by atoms with Crippen LogP contribution in [-0.2, 0) is 0 Å². The van der Waals surface area contributed by atoms with E-state index in [0.29, 0.717) is 11.3 Å². The molecule has 4 heteroatoms. The summed E-state index contributed by atoms with van der Waals surface area (Å²) in [6, 6.07) is 11.7. The second kappa shape index (κ2) is 5.50. The van der Waals surface area contributed by atoms with Crippen molar-refractivity contribution in [1.82, 2.24) is 0 Å². The minimum absolute atomic E-state index is 0.190. The monoisotopic (exact) mass is 309 g/mol. The standard InChI is InChI=1S/C14H13BrFNO/c1-9(17)12-3-2-4-13(16)14(12)18-11-7-5-10(15)6-8-11/h2-9H,17H2,1H3. The molecule has 0 aliphatic heterocycles. The van der Waals surface area contributed by atoms with Gasteiger partial charge in [0.05, 0.1) is 0 Å². The lowest BCUT2D eigenvalue weighted by molar-refractivity contribution is 0.432. The molecule has 0 saturated heterocycles. The zero-order valence-electron chi connectivity index (χ0n) is 9.86. The second-order valence-electron chi connectivity index (χ2n) is 4.00. The van der Waals surface area contributed by atoms with Crippen LogP contribution in [0.3, 0.4) is 0 Å². The molecule has 2 rings (SSSR count). The SMILES string of the molecule is CC(N)c1cccc(F)c1Oc1ccc(Br)cc1. The molecule has 2 N–H and O–H groups in total. The van der Waals surface area contributed by atoms with Gasteiger partial charge in [-0.25, -0.2) is 4.39 Å². The van der Waals surface area contributed by atoms with Crippen molar-refractivity contribution in [2.75, 3.05) is 0 Å². The molecule has 0 aliphatic carbocycles. The summed E-state index contributed by atoms with van der Waals surface area (Å²) >= 11 is 3.33.